The van der Waals surface area contributed by atoms with Gasteiger partial charge in [-0.15, -0.1) is 0 Å². The van der Waals surface area contributed by atoms with Crippen molar-refractivity contribution in [2.75, 3.05) is 67.9 Å². The lowest BCUT2D eigenvalue weighted by molar-refractivity contribution is -0.120. The van der Waals surface area contributed by atoms with Gasteiger partial charge in [-0.2, -0.15) is 0 Å². The van der Waals surface area contributed by atoms with Crippen LogP contribution in [-0.4, -0.2) is 74.0 Å². The van der Waals surface area contributed by atoms with E-state index in [1.54, 1.807) is 0 Å². The van der Waals surface area contributed by atoms with Crippen molar-refractivity contribution in [3.05, 3.63) is 53.1 Å². The average Bonchev–Trinajstić information content (AvgIpc) is 3.35. The van der Waals surface area contributed by atoms with Crippen molar-refractivity contribution >= 4 is 28.9 Å². The van der Waals surface area contributed by atoms with Gasteiger partial charge in [0.1, 0.15) is 0 Å². The molecule has 2 amide bonds. The van der Waals surface area contributed by atoms with Crippen LogP contribution in [0.15, 0.2) is 36.4 Å². The van der Waals surface area contributed by atoms with Gasteiger partial charge >= 0.3 is 0 Å². The normalized spacial score (nSPS) is 17.1. The predicted molar refractivity (Wildman–Crippen MR) is 139 cm³/mol. The van der Waals surface area contributed by atoms with Crippen molar-refractivity contribution in [1.29, 1.82) is 0 Å². The molecule has 2 aromatic carbocycles. The molecule has 2 heterocycles. The fourth-order valence-corrected chi connectivity index (χ4v) is 4.74. The predicted octanol–water partition coefficient (Wildman–Crippen LogP) is 3.41. The Balaban J connectivity index is 1.20. The molecule has 2 saturated heterocycles. The van der Waals surface area contributed by atoms with Crippen molar-refractivity contribution < 1.29 is 9.59 Å². The molecular weight excluding hydrogens is 426 g/mol. The average molecular weight is 464 g/mol. The zero-order valence-electron chi connectivity index (χ0n) is 20.7. The Morgan fingerprint density at radius 2 is 1.32 bits per heavy atom. The summed E-state index contributed by atoms with van der Waals surface area (Å²) < 4.78 is 0. The van der Waals surface area contributed by atoms with Crippen LogP contribution in [-0.2, 0) is 9.59 Å². The number of carbonyl (C=O) groups is 2. The Bertz CT molecular complexity index is 1020. The van der Waals surface area contributed by atoms with Crippen molar-refractivity contribution in [3.8, 4) is 0 Å². The first kappa shape index (κ1) is 24.2. The quantitative estimate of drug-likeness (QED) is 0.659. The van der Waals surface area contributed by atoms with Crippen LogP contribution in [0.1, 0.15) is 29.5 Å². The maximum Gasteiger partial charge on any atom is 0.238 e. The Hall–Kier alpha value is -2.90. The minimum atomic E-state index is 0.00717. The molecule has 0 unspecified atom stereocenters. The minimum absolute atomic E-state index is 0.00717. The lowest BCUT2D eigenvalue weighted by Gasteiger charge is -2.33. The molecule has 0 atom stereocenters. The van der Waals surface area contributed by atoms with Crippen molar-refractivity contribution in [2.24, 2.45) is 0 Å². The Kier molecular flexibility index (Phi) is 7.85. The van der Waals surface area contributed by atoms with Gasteiger partial charge in [-0.3, -0.25) is 19.4 Å². The molecule has 182 valence electrons. The highest BCUT2D eigenvalue weighted by molar-refractivity contribution is 5.94. The van der Waals surface area contributed by atoms with Crippen LogP contribution < -0.4 is 15.5 Å². The highest BCUT2D eigenvalue weighted by Crippen LogP contribution is 2.25. The molecule has 7 heteroatoms. The van der Waals surface area contributed by atoms with Crippen LogP contribution in [0.2, 0.25) is 0 Å². The maximum atomic E-state index is 12.7. The van der Waals surface area contributed by atoms with Crippen LogP contribution in [0.25, 0.3) is 0 Å². The van der Waals surface area contributed by atoms with Gasteiger partial charge in [0.05, 0.1) is 13.1 Å². The SMILES string of the molecule is Cc1cc(N2CCCC2)ccc1NC(=O)CN1CCN(CC(=O)Nc2cccc(C)c2C)CC1. The van der Waals surface area contributed by atoms with E-state index in [4.69, 9.17) is 0 Å². The van der Waals surface area contributed by atoms with Gasteiger partial charge in [0.15, 0.2) is 0 Å². The number of amides is 2. The highest BCUT2D eigenvalue weighted by atomic mass is 16.2. The summed E-state index contributed by atoms with van der Waals surface area (Å²) in [5.74, 6) is 0.0193. The number of rotatable bonds is 7. The number of nitrogens with one attached hydrogen (secondary N) is 2. The largest absolute Gasteiger partial charge is 0.372 e. The molecule has 7 nitrogen and oxygen atoms in total. The first-order chi connectivity index (χ1) is 16.4. The molecule has 4 rings (SSSR count). The van der Waals surface area contributed by atoms with E-state index in [1.807, 2.05) is 38.1 Å². The molecule has 2 aliphatic rings. The summed E-state index contributed by atoms with van der Waals surface area (Å²) >= 11 is 0. The molecule has 0 aliphatic carbocycles. The molecule has 0 radical (unpaired) electrons. The highest BCUT2D eigenvalue weighted by Gasteiger charge is 2.21. The Morgan fingerprint density at radius 3 is 1.91 bits per heavy atom. The number of benzene rings is 2. The van der Waals surface area contributed by atoms with E-state index in [0.717, 1.165) is 61.8 Å². The second-order valence-corrected chi connectivity index (χ2v) is 9.59. The minimum Gasteiger partial charge on any atom is -0.372 e. The lowest BCUT2D eigenvalue weighted by atomic mass is 10.1. The summed E-state index contributed by atoms with van der Waals surface area (Å²) in [5.41, 5.74) is 6.37. The van der Waals surface area contributed by atoms with Crippen LogP contribution >= 0.6 is 0 Å². The fourth-order valence-electron chi connectivity index (χ4n) is 4.74. The van der Waals surface area contributed by atoms with E-state index in [0.29, 0.717) is 13.1 Å². The number of carbonyl (C=O) groups excluding carboxylic acids is 2. The number of aryl methyl sites for hydroxylation is 2. The fraction of sp³-hybridized carbons (Fsp3) is 0.481. The zero-order chi connectivity index (χ0) is 24.1. The summed E-state index contributed by atoms with van der Waals surface area (Å²) in [7, 11) is 0. The van der Waals surface area contributed by atoms with Crippen LogP contribution in [0.5, 0.6) is 0 Å². The van der Waals surface area contributed by atoms with Crippen molar-refractivity contribution in [3.63, 3.8) is 0 Å². The van der Waals surface area contributed by atoms with E-state index >= 15 is 0 Å². The first-order valence-electron chi connectivity index (χ1n) is 12.4. The number of piperazine rings is 1. The molecule has 0 spiro atoms. The van der Waals surface area contributed by atoms with E-state index in [1.165, 1.54) is 24.1 Å². The third-order valence-corrected chi connectivity index (χ3v) is 7.03. The van der Waals surface area contributed by atoms with E-state index in [9.17, 15) is 9.59 Å². The topological polar surface area (TPSA) is 67.9 Å². The Morgan fingerprint density at radius 1 is 0.735 bits per heavy atom. The third-order valence-electron chi connectivity index (χ3n) is 7.03. The number of nitrogens with zero attached hydrogens (tertiary/aromatic N) is 3. The third kappa shape index (κ3) is 6.15. The second-order valence-electron chi connectivity index (χ2n) is 9.59. The van der Waals surface area contributed by atoms with Crippen LogP contribution in [0.3, 0.4) is 0 Å². The van der Waals surface area contributed by atoms with Crippen LogP contribution in [0.4, 0.5) is 17.1 Å². The van der Waals surface area contributed by atoms with Gasteiger partial charge in [-0.1, -0.05) is 12.1 Å². The molecule has 2 aromatic rings. The summed E-state index contributed by atoms with van der Waals surface area (Å²) in [5, 5.41) is 6.11. The molecule has 34 heavy (non-hydrogen) atoms. The van der Waals surface area contributed by atoms with E-state index in [2.05, 4.69) is 44.4 Å². The smallest absolute Gasteiger partial charge is 0.238 e. The molecule has 2 N–H and O–H groups in total. The van der Waals surface area contributed by atoms with Crippen molar-refractivity contribution in [1.82, 2.24) is 9.80 Å². The molecule has 0 saturated carbocycles. The summed E-state index contributed by atoms with van der Waals surface area (Å²) in [6, 6.07) is 12.3. The molecule has 0 bridgehead atoms. The molecule has 2 aliphatic heterocycles. The molecule has 0 aromatic heterocycles. The van der Waals surface area contributed by atoms with Gasteiger partial charge < -0.3 is 15.5 Å². The van der Waals surface area contributed by atoms with Gasteiger partial charge in [0.2, 0.25) is 11.8 Å². The van der Waals surface area contributed by atoms with Gasteiger partial charge in [-0.25, -0.2) is 0 Å². The molecule has 2 fully saturated rings. The standard InChI is InChI=1S/C27H37N5O2/c1-20-7-6-8-25(22(20)3)29-27(34)19-31-15-13-30(14-16-31)18-26(33)28-24-10-9-23(17-21(24)2)32-11-4-5-12-32/h6-10,17H,4-5,11-16,18-19H2,1-3H3,(H,28,33)(H,29,34). The van der Waals surface area contributed by atoms with Crippen LogP contribution in [0, 0.1) is 20.8 Å². The first-order valence-corrected chi connectivity index (χ1v) is 12.4. The lowest BCUT2D eigenvalue weighted by Crippen LogP contribution is -2.50. The summed E-state index contributed by atoms with van der Waals surface area (Å²) in [6.45, 7) is 12.2. The zero-order valence-corrected chi connectivity index (χ0v) is 20.7. The molecular formula is C27H37N5O2. The van der Waals surface area contributed by atoms with Crippen molar-refractivity contribution in [2.45, 2.75) is 33.6 Å². The van der Waals surface area contributed by atoms with E-state index < -0.39 is 0 Å². The summed E-state index contributed by atoms with van der Waals surface area (Å²) in [6.07, 6.45) is 2.50. The monoisotopic (exact) mass is 463 g/mol. The Labute approximate surface area is 203 Å². The van der Waals surface area contributed by atoms with Gasteiger partial charge in [0, 0.05) is 56.3 Å². The van der Waals surface area contributed by atoms with E-state index in [-0.39, 0.29) is 11.8 Å². The van der Waals surface area contributed by atoms with Gasteiger partial charge in [0.25, 0.3) is 0 Å². The number of anilines is 3. The number of hydrogen-bond acceptors (Lipinski definition) is 5. The van der Waals surface area contributed by atoms with Gasteiger partial charge in [-0.05, 0) is 74.6 Å². The summed E-state index contributed by atoms with van der Waals surface area (Å²) in [4.78, 5) is 31.9. The maximum absolute atomic E-state index is 12.7. The second kappa shape index (κ2) is 11.0. The number of hydrogen-bond donors (Lipinski definition) is 2.